The van der Waals surface area contributed by atoms with Crippen LogP contribution in [0.2, 0.25) is 0 Å². The van der Waals surface area contributed by atoms with Gasteiger partial charge in [0.15, 0.2) is 0 Å². The summed E-state index contributed by atoms with van der Waals surface area (Å²) in [6.45, 7) is 4.71. The summed E-state index contributed by atoms with van der Waals surface area (Å²) in [5, 5.41) is 0.260. The van der Waals surface area contributed by atoms with E-state index in [1.165, 1.54) is 40.7 Å². The van der Waals surface area contributed by atoms with Gasteiger partial charge in [-0.1, -0.05) is 101 Å². The van der Waals surface area contributed by atoms with Crippen molar-refractivity contribution in [2.45, 2.75) is 37.5 Å². The van der Waals surface area contributed by atoms with E-state index in [2.05, 4.69) is 92.7 Å². The minimum atomic E-state index is 0.260. The van der Waals surface area contributed by atoms with Crippen LogP contribution in [0.4, 0.5) is 0 Å². The van der Waals surface area contributed by atoms with Crippen LogP contribution in [0.3, 0.4) is 0 Å². The first kappa shape index (κ1) is 16.6. The van der Waals surface area contributed by atoms with Crippen LogP contribution in [0.5, 0.6) is 0 Å². The molecule has 126 valence electrons. The Balaban J connectivity index is 1.81. The molecule has 0 N–H and O–H groups in total. The summed E-state index contributed by atoms with van der Waals surface area (Å²) in [4.78, 5) is 0. The minimum absolute atomic E-state index is 0.260. The highest BCUT2D eigenvalue weighted by atomic mass is 31.1. The van der Waals surface area contributed by atoms with Gasteiger partial charge in [-0.3, -0.25) is 0 Å². The van der Waals surface area contributed by atoms with E-state index in [0.29, 0.717) is 5.66 Å². The highest BCUT2D eigenvalue weighted by Gasteiger charge is 2.36. The third kappa shape index (κ3) is 2.74. The molecule has 0 nitrogen and oxygen atoms in total. The molecule has 1 atom stereocenters. The summed E-state index contributed by atoms with van der Waals surface area (Å²) in [6, 6.07) is 29.2. The number of hydrogen-bond donors (Lipinski definition) is 0. The molecule has 3 aromatic rings. The van der Waals surface area contributed by atoms with Gasteiger partial charge in [-0.05, 0) is 40.7 Å². The molecule has 0 aromatic heterocycles. The van der Waals surface area contributed by atoms with Crippen molar-refractivity contribution >= 4 is 8.58 Å². The van der Waals surface area contributed by atoms with E-state index < -0.39 is 0 Å². The summed E-state index contributed by atoms with van der Waals surface area (Å²) < 4.78 is 0. The lowest BCUT2D eigenvalue weighted by molar-refractivity contribution is 0.570. The number of fused-ring (bicyclic) bond motifs is 3. The molecule has 0 fully saturated rings. The third-order valence-electron chi connectivity index (χ3n) is 5.79. The Hall–Kier alpha value is -1.91. The maximum atomic E-state index is 2.36. The lowest BCUT2D eigenvalue weighted by atomic mass is 9.93. The summed E-state index contributed by atoms with van der Waals surface area (Å²) in [5.74, 6) is 0. The molecule has 0 amide bonds. The quantitative estimate of drug-likeness (QED) is 0.431. The SMILES string of the molecule is CCC(CC)(PC1c2ccccc2-c2ccccc21)c1ccccc1. The smallest absolute Gasteiger partial charge is 0.0283 e. The second-order valence-electron chi connectivity index (χ2n) is 6.91. The van der Waals surface area contributed by atoms with Gasteiger partial charge in [0.05, 0.1) is 0 Å². The van der Waals surface area contributed by atoms with Crippen LogP contribution in [0.25, 0.3) is 11.1 Å². The van der Waals surface area contributed by atoms with E-state index in [1.807, 2.05) is 0 Å². The number of hydrogen-bond acceptors (Lipinski definition) is 0. The van der Waals surface area contributed by atoms with Crippen molar-refractivity contribution in [2.24, 2.45) is 0 Å². The number of rotatable bonds is 5. The fourth-order valence-corrected chi connectivity index (χ4v) is 6.40. The molecule has 1 unspecified atom stereocenters. The minimum Gasteiger partial charge on any atom is -0.0985 e. The monoisotopic (exact) mass is 344 g/mol. The Morgan fingerprint density at radius 3 is 1.68 bits per heavy atom. The van der Waals surface area contributed by atoms with Crippen molar-refractivity contribution in [1.82, 2.24) is 0 Å². The van der Waals surface area contributed by atoms with Crippen LogP contribution in [-0.4, -0.2) is 0 Å². The van der Waals surface area contributed by atoms with Gasteiger partial charge < -0.3 is 0 Å². The number of benzene rings is 3. The second-order valence-corrected chi connectivity index (χ2v) is 8.73. The summed E-state index contributed by atoms with van der Waals surface area (Å²) in [5.41, 5.74) is 7.93. The summed E-state index contributed by atoms with van der Waals surface area (Å²) in [7, 11) is 0.859. The van der Waals surface area contributed by atoms with Crippen LogP contribution >= 0.6 is 8.58 Å². The molecular weight excluding hydrogens is 319 g/mol. The zero-order valence-corrected chi connectivity index (χ0v) is 16.0. The Morgan fingerprint density at radius 2 is 1.16 bits per heavy atom. The molecule has 25 heavy (non-hydrogen) atoms. The zero-order valence-electron chi connectivity index (χ0n) is 15.0. The molecule has 4 rings (SSSR count). The predicted octanol–water partition coefficient (Wildman–Crippen LogP) is 7.15. The van der Waals surface area contributed by atoms with Gasteiger partial charge in [0.25, 0.3) is 0 Å². The van der Waals surface area contributed by atoms with Crippen molar-refractivity contribution in [2.75, 3.05) is 0 Å². The predicted molar refractivity (Wildman–Crippen MR) is 111 cm³/mol. The highest BCUT2D eigenvalue weighted by Crippen LogP contribution is 2.61. The second kappa shape index (κ2) is 6.77. The molecule has 3 aromatic carbocycles. The largest absolute Gasteiger partial charge is 0.0985 e. The Kier molecular flexibility index (Phi) is 4.48. The molecule has 0 saturated heterocycles. The third-order valence-corrected chi connectivity index (χ3v) is 8.25. The van der Waals surface area contributed by atoms with Gasteiger partial charge in [0.1, 0.15) is 0 Å². The van der Waals surface area contributed by atoms with Crippen LogP contribution < -0.4 is 0 Å². The fraction of sp³-hybridized carbons (Fsp3) is 0.250. The van der Waals surface area contributed by atoms with E-state index in [9.17, 15) is 0 Å². The first-order valence-electron chi connectivity index (χ1n) is 9.30. The van der Waals surface area contributed by atoms with Crippen LogP contribution in [0.1, 0.15) is 49.0 Å². The van der Waals surface area contributed by atoms with E-state index >= 15 is 0 Å². The molecule has 0 saturated carbocycles. The van der Waals surface area contributed by atoms with E-state index in [-0.39, 0.29) is 5.16 Å². The van der Waals surface area contributed by atoms with Gasteiger partial charge in [-0.25, -0.2) is 0 Å². The average molecular weight is 344 g/mol. The van der Waals surface area contributed by atoms with Crippen molar-refractivity contribution in [3.8, 4) is 11.1 Å². The van der Waals surface area contributed by atoms with Crippen LogP contribution in [0, 0.1) is 0 Å². The standard InChI is InChI=1S/C24H25P/c1-3-24(4-2,18-12-6-5-7-13-18)25-23-21-16-10-8-14-19(21)20-15-9-11-17-22(20)23/h5-17,23,25H,3-4H2,1-2H3. The fourth-order valence-electron chi connectivity index (χ4n) is 4.29. The molecule has 1 aliphatic carbocycles. The summed E-state index contributed by atoms with van der Waals surface area (Å²) in [6.07, 6.45) is 2.37. The van der Waals surface area contributed by atoms with E-state index in [0.717, 1.165) is 8.58 Å². The lowest BCUT2D eigenvalue weighted by Crippen LogP contribution is -2.19. The molecule has 0 heterocycles. The topological polar surface area (TPSA) is 0 Å². The van der Waals surface area contributed by atoms with Gasteiger partial charge in [0.2, 0.25) is 0 Å². The van der Waals surface area contributed by atoms with Gasteiger partial charge in [-0.2, -0.15) is 0 Å². The van der Waals surface area contributed by atoms with Crippen molar-refractivity contribution < 1.29 is 0 Å². The van der Waals surface area contributed by atoms with Crippen molar-refractivity contribution in [3.63, 3.8) is 0 Å². The average Bonchev–Trinajstić information content (AvgIpc) is 3.01. The van der Waals surface area contributed by atoms with E-state index in [4.69, 9.17) is 0 Å². The zero-order chi connectivity index (χ0) is 17.3. The van der Waals surface area contributed by atoms with Gasteiger partial charge in [0, 0.05) is 10.8 Å². The van der Waals surface area contributed by atoms with Crippen LogP contribution in [-0.2, 0) is 5.16 Å². The van der Waals surface area contributed by atoms with Gasteiger partial charge >= 0.3 is 0 Å². The molecule has 0 bridgehead atoms. The van der Waals surface area contributed by atoms with E-state index in [1.54, 1.807) is 0 Å². The molecule has 0 radical (unpaired) electrons. The molecule has 1 aliphatic rings. The summed E-state index contributed by atoms with van der Waals surface area (Å²) >= 11 is 0. The molecule has 1 heteroatoms. The molecule has 0 spiro atoms. The van der Waals surface area contributed by atoms with Crippen LogP contribution in [0.15, 0.2) is 78.9 Å². The first-order valence-corrected chi connectivity index (χ1v) is 10.4. The van der Waals surface area contributed by atoms with Crippen molar-refractivity contribution in [3.05, 3.63) is 95.6 Å². The van der Waals surface area contributed by atoms with Gasteiger partial charge in [-0.15, -0.1) is 0 Å². The lowest BCUT2D eigenvalue weighted by Gasteiger charge is -2.36. The highest BCUT2D eigenvalue weighted by molar-refractivity contribution is 7.40. The normalized spacial score (nSPS) is 14.0. The Labute approximate surface area is 153 Å². The Morgan fingerprint density at radius 1 is 0.680 bits per heavy atom. The Bertz CT molecular complexity index is 817. The maximum absolute atomic E-state index is 2.36. The van der Waals surface area contributed by atoms with Crippen molar-refractivity contribution in [1.29, 1.82) is 0 Å². The first-order chi connectivity index (χ1) is 12.3. The molecule has 0 aliphatic heterocycles. The molecular formula is C24H25P. The maximum Gasteiger partial charge on any atom is 0.0283 e.